The van der Waals surface area contributed by atoms with Crippen LogP contribution >= 0.6 is 0 Å². The van der Waals surface area contributed by atoms with E-state index in [9.17, 15) is 4.79 Å². The first-order valence-corrected chi connectivity index (χ1v) is 8.38. The summed E-state index contributed by atoms with van der Waals surface area (Å²) < 4.78 is 11.2. The summed E-state index contributed by atoms with van der Waals surface area (Å²) in [5, 5.41) is 3.35. The van der Waals surface area contributed by atoms with Crippen molar-refractivity contribution in [2.24, 2.45) is 5.92 Å². The number of anilines is 1. The number of carbonyl (C=O) groups is 1. The van der Waals surface area contributed by atoms with Gasteiger partial charge in [-0.05, 0) is 37.8 Å². The Morgan fingerprint density at radius 2 is 2.39 bits per heavy atom. The monoisotopic (exact) mass is 319 g/mol. The molecule has 2 saturated heterocycles. The van der Waals surface area contributed by atoms with Crippen LogP contribution in [0, 0.1) is 5.92 Å². The van der Waals surface area contributed by atoms with Gasteiger partial charge in [0, 0.05) is 26.0 Å². The number of hydrogen-bond donors (Lipinski definition) is 1. The van der Waals surface area contributed by atoms with Crippen LogP contribution in [0.15, 0.2) is 24.4 Å². The molecule has 0 aliphatic carbocycles. The summed E-state index contributed by atoms with van der Waals surface area (Å²) in [6.45, 7) is 5.72. The molecule has 6 heteroatoms. The second kappa shape index (κ2) is 7.27. The van der Waals surface area contributed by atoms with Gasteiger partial charge in [0.15, 0.2) is 0 Å². The first-order valence-electron chi connectivity index (χ1n) is 8.38. The van der Waals surface area contributed by atoms with E-state index in [0.29, 0.717) is 25.6 Å². The minimum atomic E-state index is -0.131. The molecule has 1 spiro atoms. The maximum absolute atomic E-state index is 12.0. The quantitative estimate of drug-likeness (QED) is 0.826. The van der Waals surface area contributed by atoms with Gasteiger partial charge in [-0.1, -0.05) is 6.07 Å². The number of likely N-dealkylation sites (tertiary alicyclic amines) is 1. The van der Waals surface area contributed by atoms with Gasteiger partial charge in [-0.3, -0.25) is 4.79 Å². The zero-order chi connectivity index (χ0) is 16.1. The largest absolute Gasteiger partial charge is 0.372 e. The van der Waals surface area contributed by atoms with Crippen LogP contribution < -0.4 is 5.32 Å². The highest BCUT2D eigenvalue weighted by atomic mass is 16.5. The second-order valence-corrected chi connectivity index (χ2v) is 6.22. The van der Waals surface area contributed by atoms with Gasteiger partial charge < -0.3 is 19.7 Å². The van der Waals surface area contributed by atoms with Crippen LogP contribution in [0.4, 0.5) is 5.82 Å². The number of rotatable bonds is 7. The lowest BCUT2D eigenvalue weighted by Gasteiger charge is -2.50. The fourth-order valence-electron chi connectivity index (χ4n) is 3.44. The summed E-state index contributed by atoms with van der Waals surface area (Å²) in [5.41, 5.74) is -0.131. The van der Waals surface area contributed by atoms with Crippen LogP contribution in [-0.2, 0) is 14.3 Å². The van der Waals surface area contributed by atoms with E-state index < -0.39 is 0 Å². The van der Waals surface area contributed by atoms with Gasteiger partial charge in [-0.25, -0.2) is 4.98 Å². The van der Waals surface area contributed by atoms with E-state index in [1.807, 2.05) is 30.0 Å². The van der Waals surface area contributed by atoms with E-state index in [2.05, 4.69) is 10.3 Å². The van der Waals surface area contributed by atoms with Crippen molar-refractivity contribution >= 4 is 11.7 Å². The third-order valence-corrected chi connectivity index (χ3v) is 4.76. The molecule has 2 aliphatic heterocycles. The van der Waals surface area contributed by atoms with Crippen molar-refractivity contribution < 1.29 is 14.3 Å². The Morgan fingerprint density at radius 3 is 3.13 bits per heavy atom. The number of aromatic nitrogens is 1. The molecule has 6 nitrogen and oxygen atoms in total. The standard InChI is InChI=1S/C17H25N3O3/c1-2-22-11-16(21)20-12-17(13-20)14(7-10-23-17)6-9-19-15-5-3-4-8-18-15/h3-5,8,14H,2,6-7,9-13H2,1H3,(H,18,19). The van der Waals surface area contributed by atoms with Crippen LogP contribution in [0.3, 0.4) is 0 Å². The summed E-state index contributed by atoms with van der Waals surface area (Å²) in [4.78, 5) is 18.1. The van der Waals surface area contributed by atoms with Gasteiger partial charge in [0.25, 0.3) is 0 Å². The van der Waals surface area contributed by atoms with Gasteiger partial charge in [-0.15, -0.1) is 0 Å². The minimum Gasteiger partial charge on any atom is -0.372 e. The van der Waals surface area contributed by atoms with Gasteiger partial charge >= 0.3 is 0 Å². The third-order valence-electron chi connectivity index (χ3n) is 4.76. The second-order valence-electron chi connectivity index (χ2n) is 6.22. The third kappa shape index (κ3) is 3.64. The van der Waals surface area contributed by atoms with E-state index in [-0.39, 0.29) is 18.1 Å². The predicted molar refractivity (Wildman–Crippen MR) is 87.2 cm³/mol. The Balaban J connectivity index is 1.45. The zero-order valence-electron chi connectivity index (χ0n) is 13.7. The average Bonchev–Trinajstić information content (AvgIpc) is 2.96. The molecule has 0 aromatic carbocycles. The Morgan fingerprint density at radius 1 is 1.52 bits per heavy atom. The number of pyridine rings is 1. The van der Waals surface area contributed by atoms with E-state index >= 15 is 0 Å². The van der Waals surface area contributed by atoms with E-state index in [1.165, 1.54) is 0 Å². The lowest BCUT2D eigenvalue weighted by atomic mass is 9.79. The van der Waals surface area contributed by atoms with Crippen molar-refractivity contribution in [3.63, 3.8) is 0 Å². The molecule has 0 saturated carbocycles. The molecular formula is C17H25N3O3. The smallest absolute Gasteiger partial charge is 0.248 e. The highest BCUT2D eigenvalue weighted by Gasteiger charge is 2.53. The molecule has 1 atom stereocenters. The lowest BCUT2D eigenvalue weighted by molar-refractivity contribution is -0.169. The van der Waals surface area contributed by atoms with Crippen LogP contribution in [0.5, 0.6) is 0 Å². The number of amides is 1. The first-order chi connectivity index (χ1) is 11.2. The van der Waals surface area contributed by atoms with Gasteiger partial charge in [0.1, 0.15) is 18.0 Å². The summed E-state index contributed by atoms with van der Waals surface area (Å²) in [6, 6.07) is 5.86. The van der Waals surface area contributed by atoms with Crippen molar-refractivity contribution in [2.75, 3.05) is 44.8 Å². The summed E-state index contributed by atoms with van der Waals surface area (Å²) in [6.07, 6.45) is 3.89. The van der Waals surface area contributed by atoms with Crippen molar-refractivity contribution in [2.45, 2.75) is 25.4 Å². The molecule has 0 radical (unpaired) electrons. The van der Waals surface area contributed by atoms with Crippen LogP contribution in [0.2, 0.25) is 0 Å². The highest BCUT2D eigenvalue weighted by Crippen LogP contribution is 2.41. The topological polar surface area (TPSA) is 63.7 Å². The van der Waals surface area contributed by atoms with Crippen molar-refractivity contribution in [1.82, 2.24) is 9.88 Å². The average molecular weight is 319 g/mol. The number of hydrogen-bond acceptors (Lipinski definition) is 5. The highest BCUT2D eigenvalue weighted by molar-refractivity contribution is 5.78. The molecule has 1 unspecified atom stereocenters. The summed E-state index contributed by atoms with van der Waals surface area (Å²) in [7, 11) is 0. The van der Waals surface area contributed by atoms with Crippen LogP contribution in [-0.4, -0.2) is 60.8 Å². The fourth-order valence-corrected chi connectivity index (χ4v) is 3.44. The predicted octanol–water partition coefficient (Wildman–Crippen LogP) is 1.54. The Kier molecular flexibility index (Phi) is 5.13. The van der Waals surface area contributed by atoms with Gasteiger partial charge in [0.05, 0.1) is 13.1 Å². The summed E-state index contributed by atoms with van der Waals surface area (Å²) in [5.74, 6) is 1.47. The number of ether oxygens (including phenoxy) is 2. The Hall–Kier alpha value is -1.66. The molecule has 3 rings (SSSR count). The van der Waals surface area contributed by atoms with E-state index in [0.717, 1.165) is 31.8 Å². The minimum absolute atomic E-state index is 0.0679. The maximum Gasteiger partial charge on any atom is 0.248 e. The van der Waals surface area contributed by atoms with Crippen LogP contribution in [0.25, 0.3) is 0 Å². The zero-order valence-corrected chi connectivity index (χ0v) is 13.7. The number of carbonyl (C=O) groups excluding carboxylic acids is 1. The van der Waals surface area contributed by atoms with Crippen molar-refractivity contribution in [3.8, 4) is 0 Å². The molecule has 1 amide bonds. The lowest BCUT2D eigenvalue weighted by Crippen LogP contribution is -2.66. The van der Waals surface area contributed by atoms with E-state index in [4.69, 9.17) is 9.47 Å². The molecule has 0 bridgehead atoms. The number of nitrogens with one attached hydrogen (secondary N) is 1. The normalized spacial score (nSPS) is 22.1. The first kappa shape index (κ1) is 16.2. The number of nitrogens with zero attached hydrogens (tertiary/aromatic N) is 2. The summed E-state index contributed by atoms with van der Waals surface area (Å²) >= 11 is 0. The van der Waals surface area contributed by atoms with Crippen molar-refractivity contribution in [1.29, 1.82) is 0 Å². The fraction of sp³-hybridized carbons (Fsp3) is 0.647. The van der Waals surface area contributed by atoms with Gasteiger partial charge in [0.2, 0.25) is 5.91 Å². The molecule has 2 fully saturated rings. The van der Waals surface area contributed by atoms with Crippen LogP contribution in [0.1, 0.15) is 19.8 Å². The Bertz CT molecular complexity index is 517. The molecule has 1 aromatic rings. The molecule has 126 valence electrons. The maximum atomic E-state index is 12.0. The SMILES string of the molecule is CCOCC(=O)N1CC2(C1)OCCC2CCNc1ccccn1. The molecule has 1 N–H and O–H groups in total. The molecule has 23 heavy (non-hydrogen) atoms. The molecule has 1 aromatic heterocycles. The van der Waals surface area contributed by atoms with Crippen molar-refractivity contribution in [3.05, 3.63) is 24.4 Å². The molecule has 3 heterocycles. The van der Waals surface area contributed by atoms with Gasteiger partial charge in [-0.2, -0.15) is 0 Å². The molecular weight excluding hydrogens is 294 g/mol. The Labute approximate surface area is 137 Å². The molecule has 2 aliphatic rings. The van der Waals surface area contributed by atoms with E-state index in [1.54, 1.807) is 6.20 Å².